The Hall–Kier alpha value is -3.52. The number of hydrogen-bond acceptors (Lipinski definition) is 4. The number of nitrogens with one attached hydrogen (secondary N) is 1. The first-order valence-electron chi connectivity index (χ1n) is 9.19. The number of hydrogen-bond donors (Lipinski definition) is 1. The van der Waals surface area contributed by atoms with Crippen molar-refractivity contribution in [3.8, 4) is 5.82 Å². The Morgan fingerprint density at radius 1 is 1.23 bits per heavy atom. The van der Waals surface area contributed by atoms with Crippen LogP contribution in [-0.4, -0.2) is 38.0 Å². The number of carbonyl (C=O) groups excluding carboxylic acids is 1. The van der Waals surface area contributed by atoms with Gasteiger partial charge in [0.15, 0.2) is 5.82 Å². The molecule has 1 atom stereocenters. The topological polar surface area (TPSA) is 75.9 Å². The first-order valence-corrected chi connectivity index (χ1v) is 9.56. The molecule has 0 saturated heterocycles. The molecule has 2 heterocycles. The number of carbonyl (C=O) groups is 1. The molecule has 0 fully saturated rings. The Morgan fingerprint density at radius 3 is 2.70 bits per heavy atom. The van der Waals surface area contributed by atoms with Crippen molar-refractivity contribution in [1.29, 1.82) is 0 Å². The highest BCUT2D eigenvalue weighted by atomic mass is 35.5. The molecule has 2 aromatic carbocycles. The lowest BCUT2D eigenvalue weighted by Gasteiger charge is -2.26. The van der Waals surface area contributed by atoms with E-state index < -0.39 is 5.82 Å². The molecule has 30 heavy (non-hydrogen) atoms. The standard InChI is InChI=1S/C21H18ClFN6O/c1-13(28(2)21(30)26-14-7-8-19(23)18(22)11-14)17-12-24-20(29-10-9-25-27-29)16-6-4-3-5-15(16)17/h3-13H,1-2H3,(H,26,30)/t13-/m0/s1. The molecule has 4 rings (SSSR count). The summed E-state index contributed by atoms with van der Waals surface area (Å²) in [6.07, 6.45) is 5.06. The van der Waals surface area contributed by atoms with Gasteiger partial charge in [-0.15, -0.1) is 5.10 Å². The molecular formula is C21H18ClFN6O. The molecule has 0 aliphatic heterocycles. The molecule has 0 saturated carbocycles. The fourth-order valence-electron chi connectivity index (χ4n) is 3.21. The molecule has 2 amide bonds. The van der Waals surface area contributed by atoms with E-state index in [1.54, 1.807) is 35.2 Å². The summed E-state index contributed by atoms with van der Waals surface area (Å²) in [6.45, 7) is 1.91. The van der Waals surface area contributed by atoms with E-state index in [2.05, 4.69) is 20.6 Å². The fraction of sp³-hybridized carbons (Fsp3) is 0.143. The van der Waals surface area contributed by atoms with Gasteiger partial charge in [-0.1, -0.05) is 41.1 Å². The molecule has 2 aromatic heterocycles. The van der Waals surface area contributed by atoms with Gasteiger partial charge in [-0.25, -0.2) is 18.9 Å². The Morgan fingerprint density at radius 2 is 2.00 bits per heavy atom. The summed E-state index contributed by atoms with van der Waals surface area (Å²) in [5, 5.41) is 12.4. The molecule has 0 radical (unpaired) electrons. The van der Waals surface area contributed by atoms with Crippen LogP contribution in [0.2, 0.25) is 5.02 Å². The lowest BCUT2D eigenvalue weighted by Crippen LogP contribution is -2.33. The van der Waals surface area contributed by atoms with E-state index in [1.165, 1.54) is 18.2 Å². The highest BCUT2D eigenvalue weighted by Crippen LogP contribution is 2.30. The zero-order valence-electron chi connectivity index (χ0n) is 16.3. The number of halogens is 2. The van der Waals surface area contributed by atoms with E-state index in [0.29, 0.717) is 11.5 Å². The van der Waals surface area contributed by atoms with E-state index in [9.17, 15) is 9.18 Å². The number of fused-ring (bicyclic) bond motifs is 1. The van der Waals surface area contributed by atoms with Gasteiger partial charge < -0.3 is 10.2 Å². The molecule has 9 heteroatoms. The Bertz CT molecular complexity index is 1210. The molecule has 4 aromatic rings. The molecule has 0 aliphatic carbocycles. The van der Waals surface area contributed by atoms with Crippen LogP contribution < -0.4 is 5.32 Å². The Kier molecular flexibility index (Phi) is 5.33. The molecule has 152 valence electrons. The fourth-order valence-corrected chi connectivity index (χ4v) is 3.39. The van der Waals surface area contributed by atoms with Crippen molar-refractivity contribution in [3.63, 3.8) is 0 Å². The van der Waals surface area contributed by atoms with E-state index in [4.69, 9.17) is 11.6 Å². The number of nitrogens with zero attached hydrogens (tertiary/aromatic N) is 5. The second kappa shape index (κ2) is 8.08. The summed E-state index contributed by atoms with van der Waals surface area (Å²) in [4.78, 5) is 18.9. The predicted octanol–water partition coefficient (Wildman–Crippen LogP) is 4.83. The molecule has 1 N–H and O–H groups in total. The smallest absolute Gasteiger partial charge is 0.321 e. The van der Waals surface area contributed by atoms with E-state index in [0.717, 1.165) is 16.3 Å². The largest absolute Gasteiger partial charge is 0.322 e. The van der Waals surface area contributed by atoms with Gasteiger partial charge in [0.2, 0.25) is 0 Å². The van der Waals surface area contributed by atoms with E-state index in [-0.39, 0.29) is 17.1 Å². The number of rotatable bonds is 4. The van der Waals surface area contributed by atoms with E-state index in [1.807, 2.05) is 31.2 Å². The Labute approximate surface area is 177 Å². The summed E-state index contributed by atoms with van der Waals surface area (Å²) >= 11 is 5.80. The predicted molar refractivity (Wildman–Crippen MR) is 113 cm³/mol. The van der Waals surface area contributed by atoms with Gasteiger partial charge in [0, 0.05) is 29.9 Å². The number of pyridine rings is 1. The zero-order chi connectivity index (χ0) is 21.3. The molecular weight excluding hydrogens is 407 g/mol. The summed E-state index contributed by atoms with van der Waals surface area (Å²) in [7, 11) is 1.69. The van der Waals surface area contributed by atoms with Crippen LogP contribution in [0.3, 0.4) is 0 Å². The summed E-state index contributed by atoms with van der Waals surface area (Å²) in [6, 6.07) is 11.2. The lowest BCUT2D eigenvalue weighted by molar-refractivity contribution is 0.208. The molecule has 0 unspecified atom stereocenters. The van der Waals surface area contributed by atoms with Gasteiger partial charge in [0.1, 0.15) is 5.82 Å². The SMILES string of the molecule is C[C@@H](c1cnc(-n2ccnn2)c2ccccc12)N(C)C(=O)Nc1ccc(F)c(Cl)c1. The second-order valence-corrected chi connectivity index (χ2v) is 7.18. The number of anilines is 1. The van der Waals surface area contributed by atoms with Crippen molar-refractivity contribution < 1.29 is 9.18 Å². The minimum atomic E-state index is -0.540. The summed E-state index contributed by atoms with van der Waals surface area (Å²) in [5.41, 5.74) is 1.29. The van der Waals surface area contributed by atoms with Crippen LogP contribution in [0.1, 0.15) is 18.5 Å². The number of amides is 2. The first kappa shape index (κ1) is 19.8. The number of aromatic nitrogens is 4. The van der Waals surface area contributed by atoms with Gasteiger partial charge in [-0.05, 0) is 30.5 Å². The first-order chi connectivity index (χ1) is 14.5. The Balaban J connectivity index is 1.64. The third-order valence-corrected chi connectivity index (χ3v) is 5.26. The monoisotopic (exact) mass is 424 g/mol. The maximum absolute atomic E-state index is 13.4. The third kappa shape index (κ3) is 3.69. The van der Waals surface area contributed by atoms with Crippen molar-refractivity contribution in [1.82, 2.24) is 24.9 Å². The maximum atomic E-state index is 13.4. The lowest BCUT2D eigenvalue weighted by atomic mass is 10.0. The number of urea groups is 1. The highest BCUT2D eigenvalue weighted by molar-refractivity contribution is 6.31. The van der Waals surface area contributed by atoms with Gasteiger partial charge in [0.25, 0.3) is 0 Å². The second-order valence-electron chi connectivity index (χ2n) is 6.78. The normalized spacial score (nSPS) is 12.0. The average molecular weight is 425 g/mol. The summed E-state index contributed by atoms with van der Waals surface area (Å²) < 4.78 is 15.0. The maximum Gasteiger partial charge on any atom is 0.322 e. The average Bonchev–Trinajstić information content (AvgIpc) is 3.29. The van der Waals surface area contributed by atoms with Gasteiger partial charge in [-0.3, -0.25) is 0 Å². The van der Waals surface area contributed by atoms with Gasteiger partial charge in [0.05, 0.1) is 23.5 Å². The van der Waals surface area contributed by atoms with Gasteiger partial charge in [-0.2, -0.15) is 0 Å². The van der Waals surface area contributed by atoms with Crippen LogP contribution in [0.4, 0.5) is 14.9 Å². The third-order valence-electron chi connectivity index (χ3n) is 4.97. The van der Waals surface area contributed by atoms with Crippen LogP contribution in [0.15, 0.2) is 61.1 Å². The van der Waals surface area contributed by atoms with Crippen molar-refractivity contribution in [2.75, 3.05) is 12.4 Å². The zero-order valence-corrected chi connectivity index (χ0v) is 17.0. The van der Waals surface area contributed by atoms with Crippen molar-refractivity contribution in [2.45, 2.75) is 13.0 Å². The quantitative estimate of drug-likeness (QED) is 0.509. The molecule has 0 aliphatic rings. The molecule has 7 nitrogen and oxygen atoms in total. The van der Waals surface area contributed by atoms with Crippen LogP contribution >= 0.6 is 11.6 Å². The van der Waals surface area contributed by atoms with Crippen molar-refractivity contribution in [3.05, 3.63) is 77.5 Å². The number of benzene rings is 2. The summed E-state index contributed by atoms with van der Waals surface area (Å²) in [5.74, 6) is 0.119. The van der Waals surface area contributed by atoms with E-state index >= 15 is 0 Å². The van der Waals surface area contributed by atoms with Crippen LogP contribution in [0.25, 0.3) is 16.6 Å². The minimum Gasteiger partial charge on any atom is -0.321 e. The van der Waals surface area contributed by atoms with Crippen molar-refractivity contribution >= 4 is 34.1 Å². The van der Waals surface area contributed by atoms with Crippen LogP contribution in [-0.2, 0) is 0 Å². The van der Waals surface area contributed by atoms with Crippen LogP contribution in [0, 0.1) is 5.82 Å². The highest BCUT2D eigenvalue weighted by Gasteiger charge is 2.21. The molecule has 0 spiro atoms. The minimum absolute atomic E-state index is 0.0533. The van der Waals surface area contributed by atoms with Crippen molar-refractivity contribution in [2.24, 2.45) is 0 Å². The van der Waals surface area contributed by atoms with Crippen LogP contribution in [0.5, 0.6) is 0 Å². The molecule has 0 bridgehead atoms. The van der Waals surface area contributed by atoms with Gasteiger partial charge >= 0.3 is 6.03 Å².